The van der Waals surface area contributed by atoms with E-state index in [4.69, 9.17) is 8.84 Å². The molecule has 0 radical (unpaired) electrons. The minimum Gasteiger partial charge on any atom is -0.464 e. The third kappa shape index (κ3) is 3.17. The molecule has 0 aromatic carbocycles. The fourth-order valence-electron chi connectivity index (χ4n) is 2.92. The summed E-state index contributed by atoms with van der Waals surface area (Å²) < 4.78 is 12.0. The summed E-state index contributed by atoms with van der Waals surface area (Å²) in [5.74, 6) is 1.04. The monoisotopic (exact) mass is 332 g/mol. The van der Waals surface area contributed by atoms with Crippen molar-refractivity contribution in [2.24, 2.45) is 0 Å². The third-order valence-corrected chi connectivity index (χ3v) is 9.95. The molecule has 5 heteroatoms. The molecule has 1 aliphatic heterocycles. The van der Waals surface area contributed by atoms with Crippen molar-refractivity contribution in [1.29, 1.82) is 0 Å². The average molecular weight is 333 g/mol. The van der Waals surface area contributed by atoms with Crippen molar-refractivity contribution < 1.29 is 8.84 Å². The average Bonchev–Trinajstić information content (AvgIpc) is 3.12. The fourth-order valence-corrected chi connectivity index (χ4v) is 3.96. The van der Waals surface area contributed by atoms with Gasteiger partial charge >= 0.3 is 0 Å². The lowest BCUT2D eigenvalue weighted by atomic mass is 10.2. The summed E-state index contributed by atoms with van der Waals surface area (Å²) in [6, 6.07) is 4.36. The lowest BCUT2D eigenvalue weighted by Gasteiger charge is -2.38. The van der Waals surface area contributed by atoms with E-state index in [1.807, 2.05) is 18.3 Å². The number of anilines is 1. The van der Waals surface area contributed by atoms with Crippen LogP contribution in [0.25, 0.3) is 11.0 Å². The number of furan rings is 1. The number of aromatic nitrogens is 1. The molecule has 1 fully saturated rings. The van der Waals surface area contributed by atoms with E-state index in [2.05, 4.69) is 43.7 Å². The minimum absolute atomic E-state index is 0.249. The quantitative estimate of drug-likeness (QED) is 0.753. The number of pyridine rings is 1. The maximum absolute atomic E-state index is 6.47. The highest BCUT2D eigenvalue weighted by Crippen LogP contribution is 2.38. The van der Waals surface area contributed by atoms with Crippen molar-refractivity contribution in [3.05, 3.63) is 24.6 Å². The van der Waals surface area contributed by atoms with Crippen molar-refractivity contribution in [3.63, 3.8) is 0 Å². The smallest absolute Gasteiger partial charge is 0.192 e. The molecule has 0 spiro atoms. The van der Waals surface area contributed by atoms with E-state index < -0.39 is 8.32 Å². The molecule has 1 atom stereocenters. The van der Waals surface area contributed by atoms with Crippen LogP contribution in [0.1, 0.15) is 33.6 Å². The molecule has 2 aromatic rings. The number of rotatable bonds is 4. The van der Waals surface area contributed by atoms with Crippen LogP contribution < -0.4 is 4.90 Å². The highest BCUT2D eigenvalue weighted by atomic mass is 28.4. The lowest BCUT2D eigenvalue weighted by molar-refractivity contribution is 0.263. The minimum atomic E-state index is -1.71. The molecule has 0 unspecified atom stereocenters. The Labute approximate surface area is 140 Å². The Morgan fingerprint density at radius 3 is 2.87 bits per heavy atom. The molecule has 2 aromatic heterocycles. The zero-order valence-electron chi connectivity index (χ0n) is 14.9. The van der Waals surface area contributed by atoms with E-state index in [0.29, 0.717) is 6.04 Å². The van der Waals surface area contributed by atoms with Gasteiger partial charge < -0.3 is 13.7 Å². The molecule has 0 bridgehead atoms. The van der Waals surface area contributed by atoms with Gasteiger partial charge in [-0.25, -0.2) is 4.98 Å². The first-order chi connectivity index (χ1) is 10.8. The number of nitrogens with zero attached hydrogens (tertiary/aromatic N) is 2. The number of hydrogen-bond donors (Lipinski definition) is 0. The Balaban J connectivity index is 1.77. The second kappa shape index (κ2) is 5.95. The second-order valence-electron chi connectivity index (χ2n) is 8.03. The maximum atomic E-state index is 6.47. The summed E-state index contributed by atoms with van der Waals surface area (Å²) in [7, 11) is -1.71. The molecule has 0 N–H and O–H groups in total. The maximum Gasteiger partial charge on any atom is 0.192 e. The highest BCUT2D eigenvalue weighted by molar-refractivity contribution is 6.74. The largest absolute Gasteiger partial charge is 0.464 e. The van der Waals surface area contributed by atoms with Gasteiger partial charge in [0.2, 0.25) is 0 Å². The van der Waals surface area contributed by atoms with Gasteiger partial charge in [-0.3, -0.25) is 0 Å². The van der Waals surface area contributed by atoms with Crippen molar-refractivity contribution in [2.75, 3.05) is 18.1 Å². The van der Waals surface area contributed by atoms with E-state index in [1.165, 1.54) is 12.8 Å². The molecule has 4 nitrogen and oxygen atoms in total. The summed E-state index contributed by atoms with van der Waals surface area (Å²) in [6.07, 6.45) is 5.95. The molecule has 3 rings (SSSR count). The van der Waals surface area contributed by atoms with Crippen LogP contribution in [0.5, 0.6) is 0 Å². The summed E-state index contributed by atoms with van der Waals surface area (Å²) >= 11 is 0. The van der Waals surface area contributed by atoms with E-state index in [0.717, 1.165) is 29.9 Å². The van der Waals surface area contributed by atoms with Gasteiger partial charge in [0.15, 0.2) is 8.32 Å². The molecule has 0 saturated carbocycles. The fraction of sp³-hybridized carbons (Fsp3) is 0.611. The van der Waals surface area contributed by atoms with Crippen LogP contribution in [-0.4, -0.2) is 32.5 Å². The summed E-state index contributed by atoms with van der Waals surface area (Å²) in [5, 5.41) is 1.35. The first kappa shape index (κ1) is 16.5. The van der Waals surface area contributed by atoms with Gasteiger partial charge in [0.1, 0.15) is 11.4 Å². The third-order valence-electron chi connectivity index (χ3n) is 5.45. The van der Waals surface area contributed by atoms with Gasteiger partial charge in [0.05, 0.1) is 24.3 Å². The van der Waals surface area contributed by atoms with E-state index in [-0.39, 0.29) is 5.04 Å². The van der Waals surface area contributed by atoms with Crippen LogP contribution in [0, 0.1) is 0 Å². The van der Waals surface area contributed by atoms with Gasteiger partial charge in [-0.1, -0.05) is 20.8 Å². The van der Waals surface area contributed by atoms with Crippen LogP contribution >= 0.6 is 0 Å². The van der Waals surface area contributed by atoms with Crippen molar-refractivity contribution in [2.45, 2.75) is 57.8 Å². The van der Waals surface area contributed by atoms with Gasteiger partial charge in [0, 0.05) is 12.7 Å². The molecule has 3 heterocycles. The van der Waals surface area contributed by atoms with E-state index >= 15 is 0 Å². The molecule has 1 saturated heterocycles. The standard InChI is InChI=1S/C18H28N2O2Si/c1-18(2,3)23(4,5)22-13-14-7-6-11-20(14)17-15-9-12-21-16(15)8-10-19-17/h8-10,12,14H,6-7,11,13H2,1-5H3/t14-/m1/s1. The van der Waals surface area contributed by atoms with Crippen LogP contribution in [0.2, 0.25) is 18.1 Å². The summed E-state index contributed by atoms with van der Waals surface area (Å²) in [5.41, 5.74) is 0.908. The SMILES string of the molecule is CC(C)(C)[Si](C)(C)OC[C@H]1CCCN1c1nccc2occc12. The first-order valence-corrected chi connectivity index (χ1v) is 11.4. The first-order valence-electron chi connectivity index (χ1n) is 8.52. The predicted molar refractivity (Wildman–Crippen MR) is 97.5 cm³/mol. The van der Waals surface area contributed by atoms with Gasteiger partial charge in [-0.05, 0) is 43.1 Å². The zero-order chi connectivity index (χ0) is 16.7. The van der Waals surface area contributed by atoms with E-state index in [9.17, 15) is 0 Å². The lowest BCUT2D eigenvalue weighted by Crippen LogP contribution is -2.45. The Morgan fingerprint density at radius 2 is 2.13 bits per heavy atom. The Bertz CT molecular complexity index is 675. The highest BCUT2D eigenvalue weighted by Gasteiger charge is 2.38. The van der Waals surface area contributed by atoms with Crippen molar-refractivity contribution in [1.82, 2.24) is 4.98 Å². The van der Waals surface area contributed by atoms with Gasteiger partial charge in [-0.15, -0.1) is 0 Å². The summed E-state index contributed by atoms with van der Waals surface area (Å²) in [6.45, 7) is 13.4. The number of hydrogen-bond acceptors (Lipinski definition) is 4. The molecular formula is C18H28N2O2Si. The van der Waals surface area contributed by atoms with Crippen LogP contribution in [0.4, 0.5) is 5.82 Å². The molecule has 0 aliphatic carbocycles. The zero-order valence-corrected chi connectivity index (χ0v) is 15.9. The van der Waals surface area contributed by atoms with Crippen LogP contribution in [-0.2, 0) is 4.43 Å². The Hall–Kier alpha value is -1.33. The molecule has 126 valence electrons. The molecule has 0 amide bonds. The number of fused-ring (bicyclic) bond motifs is 1. The van der Waals surface area contributed by atoms with Gasteiger partial charge in [0.25, 0.3) is 0 Å². The van der Waals surface area contributed by atoms with Gasteiger partial charge in [-0.2, -0.15) is 0 Å². The normalized spacial score (nSPS) is 19.7. The molecular weight excluding hydrogens is 304 g/mol. The predicted octanol–water partition coefficient (Wildman–Crippen LogP) is 4.82. The van der Waals surface area contributed by atoms with Crippen molar-refractivity contribution in [3.8, 4) is 0 Å². The molecule has 1 aliphatic rings. The van der Waals surface area contributed by atoms with E-state index in [1.54, 1.807) is 6.26 Å². The molecule has 23 heavy (non-hydrogen) atoms. The Morgan fingerprint density at radius 1 is 1.35 bits per heavy atom. The summed E-state index contributed by atoms with van der Waals surface area (Å²) in [4.78, 5) is 7.03. The second-order valence-corrected chi connectivity index (χ2v) is 12.8. The van der Waals surface area contributed by atoms with Crippen molar-refractivity contribution >= 4 is 25.1 Å². The van der Waals surface area contributed by atoms with Crippen LogP contribution in [0.3, 0.4) is 0 Å². The Kier molecular flexibility index (Phi) is 4.27. The topological polar surface area (TPSA) is 38.5 Å². The van der Waals surface area contributed by atoms with Crippen LogP contribution in [0.15, 0.2) is 29.0 Å².